The summed E-state index contributed by atoms with van der Waals surface area (Å²) in [6, 6.07) is 8.43. The third kappa shape index (κ3) is 2.95. The Balaban J connectivity index is 2.15. The lowest BCUT2D eigenvalue weighted by molar-refractivity contribution is -0.119. The number of anilines is 1. The van der Waals surface area contributed by atoms with Crippen LogP contribution in [0, 0.1) is 32.1 Å². The van der Waals surface area contributed by atoms with Gasteiger partial charge in [0.1, 0.15) is 6.04 Å². The second-order valence-corrected chi connectivity index (χ2v) is 5.09. The number of hydrogen-bond acceptors (Lipinski definition) is 3. The average molecular weight is 282 g/mol. The van der Waals surface area contributed by atoms with Gasteiger partial charge in [-0.3, -0.25) is 9.48 Å². The van der Waals surface area contributed by atoms with E-state index in [9.17, 15) is 4.79 Å². The van der Waals surface area contributed by atoms with E-state index in [0.29, 0.717) is 11.3 Å². The molecule has 1 aromatic carbocycles. The Morgan fingerprint density at radius 1 is 1.29 bits per heavy atom. The van der Waals surface area contributed by atoms with Crippen molar-refractivity contribution in [2.45, 2.75) is 33.7 Å². The van der Waals surface area contributed by atoms with E-state index >= 15 is 0 Å². The van der Waals surface area contributed by atoms with Crippen molar-refractivity contribution in [3.63, 3.8) is 0 Å². The second-order valence-electron chi connectivity index (χ2n) is 5.09. The van der Waals surface area contributed by atoms with Gasteiger partial charge in [0.15, 0.2) is 0 Å². The fraction of sp³-hybridized carbons (Fsp3) is 0.312. The van der Waals surface area contributed by atoms with Crippen LogP contribution in [0.15, 0.2) is 24.3 Å². The molecule has 0 spiro atoms. The van der Waals surface area contributed by atoms with Crippen molar-refractivity contribution in [1.29, 1.82) is 5.26 Å². The first-order valence-corrected chi connectivity index (χ1v) is 6.77. The van der Waals surface area contributed by atoms with Crippen LogP contribution in [-0.4, -0.2) is 15.7 Å². The maximum atomic E-state index is 12.3. The SMILES string of the molecule is Cc1nn(C(C)C(=O)Nc2ccc(C#N)cc2)c(C)c1C. The van der Waals surface area contributed by atoms with E-state index in [1.807, 2.05) is 33.8 Å². The summed E-state index contributed by atoms with van der Waals surface area (Å²) >= 11 is 0. The quantitative estimate of drug-likeness (QED) is 0.941. The molecule has 1 atom stereocenters. The second kappa shape index (κ2) is 5.80. The summed E-state index contributed by atoms with van der Waals surface area (Å²) in [6.45, 7) is 7.71. The van der Waals surface area contributed by atoms with Gasteiger partial charge in [0, 0.05) is 11.4 Å². The number of aromatic nitrogens is 2. The minimum atomic E-state index is -0.395. The van der Waals surface area contributed by atoms with Crippen LogP contribution in [-0.2, 0) is 4.79 Å². The Morgan fingerprint density at radius 2 is 1.90 bits per heavy atom. The van der Waals surface area contributed by atoms with Crippen molar-refractivity contribution >= 4 is 11.6 Å². The van der Waals surface area contributed by atoms with E-state index in [2.05, 4.69) is 10.4 Å². The first-order chi connectivity index (χ1) is 9.93. The van der Waals surface area contributed by atoms with Crippen molar-refractivity contribution in [1.82, 2.24) is 9.78 Å². The Morgan fingerprint density at radius 3 is 2.38 bits per heavy atom. The number of rotatable bonds is 3. The number of amides is 1. The van der Waals surface area contributed by atoms with Crippen LogP contribution in [0.4, 0.5) is 5.69 Å². The third-order valence-electron chi connectivity index (χ3n) is 3.71. The number of carbonyl (C=O) groups excluding carboxylic acids is 1. The first kappa shape index (κ1) is 14.8. The Labute approximate surface area is 124 Å². The maximum absolute atomic E-state index is 12.3. The Hall–Kier alpha value is -2.61. The van der Waals surface area contributed by atoms with Crippen molar-refractivity contribution in [2.24, 2.45) is 0 Å². The molecule has 2 aromatic rings. The molecule has 0 saturated heterocycles. The topological polar surface area (TPSA) is 70.7 Å². The fourth-order valence-electron chi connectivity index (χ4n) is 2.11. The fourth-order valence-corrected chi connectivity index (χ4v) is 2.11. The summed E-state index contributed by atoms with van der Waals surface area (Å²) in [5.74, 6) is -0.134. The molecular weight excluding hydrogens is 264 g/mol. The van der Waals surface area contributed by atoms with Crippen LogP contribution in [0.25, 0.3) is 0 Å². The molecule has 108 valence electrons. The van der Waals surface area contributed by atoms with E-state index in [4.69, 9.17) is 5.26 Å². The summed E-state index contributed by atoms with van der Waals surface area (Å²) in [5, 5.41) is 16.0. The van der Waals surface area contributed by atoms with Gasteiger partial charge < -0.3 is 5.32 Å². The van der Waals surface area contributed by atoms with Crippen molar-refractivity contribution < 1.29 is 4.79 Å². The molecule has 1 unspecified atom stereocenters. The molecule has 5 nitrogen and oxygen atoms in total. The van der Waals surface area contributed by atoms with E-state index in [1.165, 1.54) is 0 Å². The number of hydrogen-bond donors (Lipinski definition) is 1. The zero-order valence-corrected chi connectivity index (χ0v) is 12.6. The summed E-state index contributed by atoms with van der Waals surface area (Å²) in [4.78, 5) is 12.3. The van der Waals surface area contributed by atoms with Crippen LogP contribution >= 0.6 is 0 Å². The van der Waals surface area contributed by atoms with E-state index in [1.54, 1.807) is 28.9 Å². The number of nitrogens with one attached hydrogen (secondary N) is 1. The van der Waals surface area contributed by atoms with Crippen LogP contribution in [0.5, 0.6) is 0 Å². The molecule has 0 aliphatic rings. The van der Waals surface area contributed by atoms with Crippen LogP contribution in [0.1, 0.15) is 35.5 Å². The molecule has 0 fully saturated rings. The van der Waals surface area contributed by atoms with Gasteiger partial charge >= 0.3 is 0 Å². The van der Waals surface area contributed by atoms with Gasteiger partial charge in [-0.1, -0.05) is 0 Å². The standard InChI is InChI=1S/C16H18N4O/c1-10-11(2)19-20(12(10)3)13(4)16(21)18-15-7-5-14(9-17)6-8-15/h5-8,13H,1-4H3,(H,18,21). The van der Waals surface area contributed by atoms with Gasteiger partial charge in [0.05, 0.1) is 17.3 Å². The zero-order chi connectivity index (χ0) is 15.6. The summed E-state index contributed by atoms with van der Waals surface area (Å²) in [6.07, 6.45) is 0. The zero-order valence-electron chi connectivity index (χ0n) is 12.6. The molecule has 0 bridgehead atoms. The monoisotopic (exact) mass is 282 g/mol. The van der Waals surface area contributed by atoms with Crippen LogP contribution in [0.2, 0.25) is 0 Å². The molecule has 1 aromatic heterocycles. The van der Waals surface area contributed by atoms with Gasteiger partial charge in [-0.05, 0) is 57.5 Å². The average Bonchev–Trinajstić information content (AvgIpc) is 2.75. The highest BCUT2D eigenvalue weighted by molar-refractivity contribution is 5.93. The smallest absolute Gasteiger partial charge is 0.248 e. The normalized spacial score (nSPS) is 11.8. The minimum absolute atomic E-state index is 0.134. The number of benzene rings is 1. The molecule has 1 heterocycles. The number of nitrogens with zero attached hydrogens (tertiary/aromatic N) is 3. The van der Waals surface area contributed by atoms with E-state index in [-0.39, 0.29) is 5.91 Å². The lowest BCUT2D eigenvalue weighted by atomic mass is 10.2. The third-order valence-corrected chi connectivity index (χ3v) is 3.71. The van der Waals surface area contributed by atoms with Gasteiger partial charge in [-0.25, -0.2) is 0 Å². The summed E-state index contributed by atoms with van der Waals surface area (Å²) < 4.78 is 1.74. The molecule has 21 heavy (non-hydrogen) atoms. The maximum Gasteiger partial charge on any atom is 0.248 e. The van der Waals surface area contributed by atoms with Gasteiger partial charge in [0.25, 0.3) is 0 Å². The van der Waals surface area contributed by atoms with Crippen molar-refractivity contribution in [2.75, 3.05) is 5.32 Å². The first-order valence-electron chi connectivity index (χ1n) is 6.77. The number of carbonyl (C=O) groups is 1. The molecular formula is C16H18N4O. The predicted molar refractivity (Wildman–Crippen MR) is 80.9 cm³/mol. The summed E-state index contributed by atoms with van der Waals surface area (Å²) in [5.41, 5.74) is 4.27. The molecule has 1 amide bonds. The summed E-state index contributed by atoms with van der Waals surface area (Å²) in [7, 11) is 0. The molecule has 2 rings (SSSR count). The largest absolute Gasteiger partial charge is 0.324 e. The van der Waals surface area contributed by atoms with Crippen molar-refractivity contribution in [3.05, 3.63) is 46.8 Å². The van der Waals surface area contributed by atoms with E-state index in [0.717, 1.165) is 17.0 Å². The number of aryl methyl sites for hydroxylation is 1. The number of nitriles is 1. The molecule has 0 radical (unpaired) electrons. The predicted octanol–water partition coefficient (Wildman–Crippen LogP) is 2.88. The van der Waals surface area contributed by atoms with Crippen molar-refractivity contribution in [3.8, 4) is 6.07 Å². The van der Waals surface area contributed by atoms with Gasteiger partial charge in [-0.2, -0.15) is 10.4 Å². The minimum Gasteiger partial charge on any atom is -0.324 e. The Bertz CT molecular complexity index is 707. The molecule has 1 N–H and O–H groups in total. The van der Waals surface area contributed by atoms with E-state index < -0.39 is 6.04 Å². The van der Waals surface area contributed by atoms with Gasteiger partial charge in [0.2, 0.25) is 5.91 Å². The molecule has 0 saturated carbocycles. The highest BCUT2D eigenvalue weighted by atomic mass is 16.2. The van der Waals surface area contributed by atoms with Crippen LogP contribution < -0.4 is 5.32 Å². The highest BCUT2D eigenvalue weighted by Crippen LogP contribution is 2.18. The van der Waals surface area contributed by atoms with Crippen LogP contribution in [0.3, 0.4) is 0 Å². The van der Waals surface area contributed by atoms with Gasteiger partial charge in [-0.15, -0.1) is 0 Å². The Kier molecular flexibility index (Phi) is 4.08. The highest BCUT2D eigenvalue weighted by Gasteiger charge is 2.19. The molecule has 0 aliphatic heterocycles. The lowest BCUT2D eigenvalue weighted by Gasteiger charge is -2.14. The molecule has 0 aliphatic carbocycles. The molecule has 5 heteroatoms. The lowest BCUT2D eigenvalue weighted by Crippen LogP contribution is -2.25.